The first-order valence-corrected chi connectivity index (χ1v) is 8.68. The standard InChI is InChI=1S/C17H18FN3O2S/c1-3-12-15(24-17(20-12)21-8-4-5-14(21)22)16(23)19-13-7-6-11(18)9-10(13)2/h6-7,9H,3-5,8H2,1-2H3,(H,19,23). The van der Waals surface area contributed by atoms with Crippen molar-refractivity contribution < 1.29 is 14.0 Å². The molecule has 1 aromatic carbocycles. The van der Waals surface area contributed by atoms with Crippen molar-refractivity contribution in [3.63, 3.8) is 0 Å². The van der Waals surface area contributed by atoms with E-state index in [2.05, 4.69) is 10.3 Å². The maximum Gasteiger partial charge on any atom is 0.267 e. The molecule has 5 nitrogen and oxygen atoms in total. The topological polar surface area (TPSA) is 62.3 Å². The van der Waals surface area contributed by atoms with Crippen LogP contribution in [-0.2, 0) is 11.2 Å². The number of hydrogen-bond acceptors (Lipinski definition) is 4. The van der Waals surface area contributed by atoms with E-state index in [9.17, 15) is 14.0 Å². The summed E-state index contributed by atoms with van der Waals surface area (Å²) >= 11 is 1.23. The summed E-state index contributed by atoms with van der Waals surface area (Å²) in [5, 5.41) is 3.38. The first-order chi connectivity index (χ1) is 11.5. The summed E-state index contributed by atoms with van der Waals surface area (Å²) in [7, 11) is 0. The highest BCUT2D eigenvalue weighted by molar-refractivity contribution is 7.18. The molecule has 0 bridgehead atoms. The van der Waals surface area contributed by atoms with Gasteiger partial charge in [-0.05, 0) is 43.5 Å². The van der Waals surface area contributed by atoms with Crippen LogP contribution in [-0.4, -0.2) is 23.3 Å². The SMILES string of the molecule is CCc1nc(N2CCCC2=O)sc1C(=O)Nc1ccc(F)cc1C. The van der Waals surface area contributed by atoms with E-state index < -0.39 is 0 Å². The zero-order valence-corrected chi connectivity index (χ0v) is 14.4. The number of aryl methyl sites for hydroxylation is 2. The Morgan fingerprint density at radius 1 is 1.46 bits per heavy atom. The highest BCUT2D eigenvalue weighted by atomic mass is 32.1. The van der Waals surface area contributed by atoms with E-state index in [0.29, 0.717) is 46.3 Å². The Bertz CT molecular complexity index is 803. The van der Waals surface area contributed by atoms with Gasteiger partial charge in [-0.2, -0.15) is 0 Å². The molecule has 1 saturated heterocycles. The predicted octanol–water partition coefficient (Wildman–Crippen LogP) is 3.53. The second kappa shape index (κ2) is 6.68. The van der Waals surface area contributed by atoms with Crippen molar-refractivity contribution in [2.75, 3.05) is 16.8 Å². The van der Waals surface area contributed by atoms with Gasteiger partial charge in [-0.25, -0.2) is 9.37 Å². The molecule has 0 spiro atoms. The number of amides is 2. The lowest BCUT2D eigenvalue weighted by Gasteiger charge is -2.10. The molecule has 1 N–H and O–H groups in total. The number of anilines is 2. The van der Waals surface area contributed by atoms with Gasteiger partial charge in [-0.3, -0.25) is 14.5 Å². The molecule has 24 heavy (non-hydrogen) atoms. The van der Waals surface area contributed by atoms with Crippen molar-refractivity contribution in [1.29, 1.82) is 0 Å². The molecule has 2 aromatic rings. The van der Waals surface area contributed by atoms with Crippen LogP contribution in [0.2, 0.25) is 0 Å². The van der Waals surface area contributed by atoms with Crippen LogP contribution >= 0.6 is 11.3 Å². The maximum absolute atomic E-state index is 13.2. The number of carbonyl (C=O) groups excluding carboxylic acids is 2. The van der Waals surface area contributed by atoms with E-state index in [1.165, 1.54) is 23.5 Å². The van der Waals surface area contributed by atoms with Gasteiger partial charge < -0.3 is 5.32 Å². The van der Waals surface area contributed by atoms with Crippen molar-refractivity contribution in [3.05, 3.63) is 40.2 Å². The number of hydrogen-bond donors (Lipinski definition) is 1. The van der Waals surface area contributed by atoms with Gasteiger partial charge in [0.1, 0.15) is 10.7 Å². The van der Waals surface area contributed by atoms with E-state index in [-0.39, 0.29) is 17.6 Å². The quantitative estimate of drug-likeness (QED) is 0.920. The van der Waals surface area contributed by atoms with Crippen LogP contribution in [0.4, 0.5) is 15.2 Å². The van der Waals surface area contributed by atoms with Gasteiger partial charge in [-0.15, -0.1) is 0 Å². The minimum atomic E-state index is -0.340. The number of nitrogens with one attached hydrogen (secondary N) is 1. The predicted molar refractivity (Wildman–Crippen MR) is 92.2 cm³/mol. The minimum Gasteiger partial charge on any atom is -0.321 e. The van der Waals surface area contributed by atoms with Crippen LogP contribution in [0, 0.1) is 12.7 Å². The van der Waals surface area contributed by atoms with Crippen LogP contribution in [0.3, 0.4) is 0 Å². The number of benzene rings is 1. The third kappa shape index (κ3) is 3.17. The van der Waals surface area contributed by atoms with Gasteiger partial charge in [0.25, 0.3) is 5.91 Å². The Kier molecular flexibility index (Phi) is 4.62. The summed E-state index contributed by atoms with van der Waals surface area (Å²) in [4.78, 5) is 31.1. The second-order valence-corrected chi connectivity index (χ2v) is 6.67. The summed E-state index contributed by atoms with van der Waals surface area (Å²) in [6.45, 7) is 4.30. The van der Waals surface area contributed by atoms with Gasteiger partial charge in [0.15, 0.2) is 5.13 Å². The molecule has 2 heterocycles. The van der Waals surface area contributed by atoms with E-state index >= 15 is 0 Å². The second-order valence-electron chi connectivity index (χ2n) is 5.69. The summed E-state index contributed by atoms with van der Waals surface area (Å²) in [6.07, 6.45) is 1.94. The fourth-order valence-electron chi connectivity index (χ4n) is 2.67. The van der Waals surface area contributed by atoms with Crippen molar-refractivity contribution in [2.45, 2.75) is 33.1 Å². The van der Waals surface area contributed by atoms with Crippen molar-refractivity contribution >= 4 is 34.0 Å². The Morgan fingerprint density at radius 3 is 2.88 bits per heavy atom. The van der Waals surface area contributed by atoms with E-state index in [4.69, 9.17) is 0 Å². The molecule has 1 aliphatic heterocycles. The number of rotatable bonds is 4. The summed E-state index contributed by atoms with van der Waals surface area (Å²) in [5.41, 5.74) is 1.89. The number of nitrogens with zero attached hydrogens (tertiary/aromatic N) is 2. The lowest BCUT2D eigenvalue weighted by atomic mass is 10.2. The van der Waals surface area contributed by atoms with Gasteiger partial charge in [0, 0.05) is 18.7 Å². The van der Waals surface area contributed by atoms with Crippen LogP contribution in [0.15, 0.2) is 18.2 Å². The first kappa shape index (κ1) is 16.6. The molecule has 7 heteroatoms. The molecule has 1 aromatic heterocycles. The van der Waals surface area contributed by atoms with Crippen LogP contribution in [0.5, 0.6) is 0 Å². The molecule has 2 amide bonds. The van der Waals surface area contributed by atoms with E-state index in [1.807, 2.05) is 6.92 Å². The maximum atomic E-state index is 13.2. The monoisotopic (exact) mass is 347 g/mol. The lowest BCUT2D eigenvalue weighted by Crippen LogP contribution is -2.23. The molecule has 0 atom stereocenters. The van der Waals surface area contributed by atoms with Crippen LogP contribution in [0.1, 0.15) is 40.7 Å². The summed E-state index contributed by atoms with van der Waals surface area (Å²) in [5.74, 6) is -0.572. The van der Waals surface area contributed by atoms with Crippen LogP contribution in [0.25, 0.3) is 0 Å². The number of thiazole rings is 1. The molecule has 1 aliphatic rings. The molecule has 0 saturated carbocycles. The molecule has 1 fully saturated rings. The Labute approximate surface area is 143 Å². The highest BCUT2D eigenvalue weighted by Crippen LogP contribution is 2.30. The highest BCUT2D eigenvalue weighted by Gasteiger charge is 2.27. The summed E-state index contributed by atoms with van der Waals surface area (Å²) in [6, 6.07) is 4.22. The summed E-state index contributed by atoms with van der Waals surface area (Å²) < 4.78 is 13.2. The van der Waals surface area contributed by atoms with Crippen LogP contribution < -0.4 is 10.2 Å². The molecule has 0 radical (unpaired) electrons. The van der Waals surface area contributed by atoms with Crippen molar-refractivity contribution in [3.8, 4) is 0 Å². The molecule has 3 rings (SSSR count). The molecule has 126 valence electrons. The van der Waals surface area contributed by atoms with Gasteiger partial charge in [0.2, 0.25) is 5.91 Å². The van der Waals surface area contributed by atoms with E-state index in [0.717, 1.165) is 6.42 Å². The third-order valence-electron chi connectivity index (χ3n) is 3.97. The largest absolute Gasteiger partial charge is 0.321 e. The first-order valence-electron chi connectivity index (χ1n) is 7.87. The zero-order chi connectivity index (χ0) is 17.3. The fourth-order valence-corrected chi connectivity index (χ4v) is 3.76. The fraction of sp³-hybridized carbons (Fsp3) is 0.353. The minimum absolute atomic E-state index is 0.0488. The van der Waals surface area contributed by atoms with Gasteiger partial charge in [0.05, 0.1) is 5.69 Å². The molecule has 0 unspecified atom stereocenters. The van der Waals surface area contributed by atoms with E-state index in [1.54, 1.807) is 17.9 Å². The lowest BCUT2D eigenvalue weighted by molar-refractivity contribution is -0.117. The van der Waals surface area contributed by atoms with Gasteiger partial charge >= 0.3 is 0 Å². The Hall–Kier alpha value is -2.28. The smallest absolute Gasteiger partial charge is 0.267 e. The van der Waals surface area contributed by atoms with Crippen molar-refractivity contribution in [2.24, 2.45) is 0 Å². The van der Waals surface area contributed by atoms with Gasteiger partial charge in [-0.1, -0.05) is 18.3 Å². The normalized spacial score (nSPS) is 14.3. The molecular weight excluding hydrogens is 329 g/mol. The third-order valence-corrected chi connectivity index (χ3v) is 5.09. The Morgan fingerprint density at radius 2 is 2.25 bits per heavy atom. The van der Waals surface area contributed by atoms with Crippen molar-refractivity contribution in [1.82, 2.24) is 4.98 Å². The number of aromatic nitrogens is 1. The average molecular weight is 347 g/mol. The number of carbonyl (C=O) groups is 2. The molecular formula is C17H18FN3O2S. The zero-order valence-electron chi connectivity index (χ0n) is 13.6. The Balaban J connectivity index is 1.86. The molecule has 0 aliphatic carbocycles. The average Bonchev–Trinajstić information content (AvgIpc) is 3.15. The number of halogens is 1.